The van der Waals surface area contributed by atoms with E-state index in [0.29, 0.717) is 6.42 Å². The molecule has 21 heavy (non-hydrogen) atoms. The number of rotatable bonds is 4. The summed E-state index contributed by atoms with van der Waals surface area (Å²) >= 11 is 0. The number of benzene rings is 2. The van der Waals surface area contributed by atoms with E-state index in [0.717, 1.165) is 29.7 Å². The number of hydrogen-bond acceptors (Lipinski definition) is 3. The predicted molar refractivity (Wildman–Crippen MR) is 84.1 cm³/mol. The van der Waals surface area contributed by atoms with Crippen molar-refractivity contribution in [3.8, 4) is 16.9 Å². The SMILES string of the molecule is NC1(CO)CCC(Oc2ccccc2-c2ccccc2)C1. The molecular weight excluding hydrogens is 262 g/mol. The van der Waals surface area contributed by atoms with Crippen LogP contribution >= 0.6 is 0 Å². The minimum Gasteiger partial charge on any atom is -0.490 e. The Hall–Kier alpha value is -1.84. The molecule has 110 valence electrons. The van der Waals surface area contributed by atoms with Gasteiger partial charge in [-0.15, -0.1) is 0 Å². The molecular formula is C18H21NO2. The van der Waals surface area contributed by atoms with E-state index in [1.807, 2.05) is 36.4 Å². The number of ether oxygens (including phenoxy) is 1. The van der Waals surface area contributed by atoms with Gasteiger partial charge >= 0.3 is 0 Å². The molecule has 1 fully saturated rings. The molecule has 0 bridgehead atoms. The maximum absolute atomic E-state index is 9.36. The van der Waals surface area contributed by atoms with Crippen LogP contribution in [0.3, 0.4) is 0 Å². The van der Waals surface area contributed by atoms with E-state index in [2.05, 4.69) is 18.2 Å². The minimum absolute atomic E-state index is 0.0210. The summed E-state index contributed by atoms with van der Waals surface area (Å²) in [5, 5.41) is 9.36. The van der Waals surface area contributed by atoms with Gasteiger partial charge in [0.15, 0.2) is 0 Å². The number of hydrogen-bond donors (Lipinski definition) is 2. The molecule has 0 aromatic heterocycles. The van der Waals surface area contributed by atoms with Gasteiger partial charge in [-0.2, -0.15) is 0 Å². The quantitative estimate of drug-likeness (QED) is 0.907. The zero-order valence-corrected chi connectivity index (χ0v) is 12.0. The third kappa shape index (κ3) is 3.09. The first-order valence-corrected chi connectivity index (χ1v) is 7.41. The fourth-order valence-electron chi connectivity index (χ4n) is 2.96. The molecule has 2 aromatic rings. The Balaban J connectivity index is 1.81. The summed E-state index contributed by atoms with van der Waals surface area (Å²) in [7, 11) is 0. The van der Waals surface area contributed by atoms with Gasteiger partial charge in [-0.25, -0.2) is 0 Å². The molecule has 0 amide bonds. The molecule has 0 saturated heterocycles. The van der Waals surface area contributed by atoms with E-state index >= 15 is 0 Å². The first-order valence-electron chi connectivity index (χ1n) is 7.41. The van der Waals surface area contributed by atoms with Gasteiger partial charge in [-0.1, -0.05) is 48.5 Å². The molecule has 2 unspecified atom stereocenters. The van der Waals surface area contributed by atoms with Crippen LogP contribution in [0.25, 0.3) is 11.1 Å². The molecule has 2 atom stereocenters. The van der Waals surface area contributed by atoms with Gasteiger partial charge in [0.25, 0.3) is 0 Å². The maximum Gasteiger partial charge on any atom is 0.127 e. The van der Waals surface area contributed by atoms with Crippen molar-refractivity contribution >= 4 is 0 Å². The van der Waals surface area contributed by atoms with E-state index in [1.54, 1.807) is 0 Å². The summed E-state index contributed by atoms with van der Waals surface area (Å²) in [6.45, 7) is 0.0210. The topological polar surface area (TPSA) is 55.5 Å². The van der Waals surface area contributed by atoms with Crippen molar-refractivity contribution in [1.82, 2.24) is 0 Å². The van der Waals surface area contributed by atoms with Gasteiger partial charge in [0, 0.05) is 17.5 Å². The highest BCUT2D eigenvalue weighted by atomic mass is 16.5. The Kier molecular flexibility index (Phi) is 3.95. The summed E-state index contributed by atoms with van der Waals surface area (Å²) in [5.41, 5.74) is 7.88. The van der Waals surface area contributed by atoms with Crippen LogP contribution < -0.4 is 10.5 Å². The molecule has 2 aromatic carbocycles. The summed E-state index contributed by atoms with van der Waals surface area (Å²) in [6.07, 6.45) is 2.47. The molecule has 3 rings (SSSR count). The van der Waals surface area contributed by atoms with E-state index in [1.165, 1.54) is 0 Å². The summed E-state index contributed by atoms with van der Waals surface area (Å²) < 4.78 is 6.17. The minimum atomic E-state index is -0.480. The molecule has 0 heterocycles. The van der Waals surface area contributed by atoms with Gasteiger partial charge in [0.1, 0.15) is 11.9 Å². The number of aliphatic hydroxyl groups is 1. The number of aliphatic hydroxyl groups excluding tert-OH is 1. The molecule has 1 aliphatic carbocycles. The highest BCUT2D eigenvalue weighted by Crippen LogP contribution is 2.35. The van der Waals surface area contributed by atoms with Gasteiger partial charge in [-0.05, 0) is 24.5 Å². The maximum atomic E-state index is 9.36. The lowest BCUT2D eigenvalue weighted by atomic mass is 10.0. The fraction of sp³-hybridized carbons (Fsp3) is 0.333. The lowest BCUT2D eigenvalue weighted by molar-refractivity contribution is 0.166. The average molecular weight is 283 g/mol. The van der Waals surface area contributed by atoms with E-state index in [4.69, 9.17) is 10.5 Å². The number of nitrogens with two attached hydrogens (primary N) is 1. The molecule has 0 aliphatic heterocycles. The Morgan fingerprint density at radius 2 is 1.81 bits per heavy atom. The van der Waals surface area contributed by atoms with Crippen LogP contribution in [0.15, 0.2) is 54.6 Å². The predicted octanol–water partition coefficient (Wildman–Crippen LogP) is 2.97. The second kappa shape index (κ2) is 5.88. The van der Waals surface area contributed by atoms with Gasteiger partial charge in [0.05, 0.1) is 6.61 Å². The smallest absolute Gasteiger partial charge is 0.127 e. The van der Waals surface area contributed by atoms with Crippen LogP contribution in [0.4, 0.5) is 0 Å². The van der Waals surface area contributed by atoms with Crippen LogP contribution in [0.2, 0.25) is 0 Å². The lowest BCUT2D eigenvalue weighted by Crippen LogP contribution is -2.41. The molecule has 0 spiro atoms. The van der Waals surface area contributed by atoms with Crippen LogP contribution in [0, 0.1) is 0 Å². The van der Waals surface area contributed by atoms with Crippen LogP contribution in [0.5, 0.6) is 5.75 Å². The summed E-state index contributed by atoms with van der Waals surface area (Å²) in [6, 6.07) is 18.3. The van der Waals surface area contributed by atoms with Crippen molar-refractivity contribution < 1.29 is 9.84 Å². The van der Waals surface area contributed by atoms with Crippen molar-refractivity contribution in [2.45, 2.75) is 30.9 Å². The van der Waals surface area contributed by atoms with E-state index in [9.17, 15) is 5.11 Å². The van der Waals surface area contributed by atoms with Crippen molar-refractivity contribution in [2.75, 3.05) is 6.61 Å². The molecule has 1 saturated carbocycles. The number of para-hydroxylation sites is 1. The third-order valence-electron chi connectivity index (χ3n) is 4.18. The first-order chi connectivity index (χ1) is 10.2. The van der Waals surface area contributed by atoms with Gasteiger partial charge < -0.3 is 15.6 Å². The molecule has 1 aliphatic rings. The van der Waals surface area contributed by atoms with Gasteiger partial charge in [0.2, 0.25) is 0 Å². The van der Waals surface area contributed by atoms with Gasteiger partial charge in [-0.3, -0.25) is 0 Å². The monoisotopic (exact) mass is 283 g/mol. The highest BCUT2D eigenvalue weighted by molar-refractivity contribution is 5.70. The summed E-state index contributed by atoms with van der Waals surface area (Å²) in [5.74, 6) is 0.885. The Morgan fingerprint density at radius 3 is 2.52 bits per heavy atom. The van der Waals surface area contributed by atoms with Crippen molar-refractivity contribution in [3.63, 3.8) is 0 Å². The Labute approximate surface area is 125 Å². The van der Waals surface area contributed by atoms with Crippen LogP contribution in [0.1, 0.15) is 19.3 Å². The molecule has 0 radical (unpaired) electrons. The molecule has 3 N–H and O–H groups in total. The average Bonchev–Trinajstić information content (AvgIpc) is 2.91. The zero-order chi connectivity index (χ0) is 14.7. The first kappa shape index (κ1) is 14.1. The van der Waals surface area contributed by atoms with Crippen molar-refractivity contribution in [1.29, 1.82) is 0 Å². The van der Waals surface area contributed by atoms with E-state index in [-0.39, 0.29) is 12.7 Å². The lowest BCUT2D eigenvalue weighted by Gasteiger charge is -2.21. The van der Waals surface area contributed by atoms with Crippen molar-refractivity contribution in [3.05, 3.63) is 54.6 Å². The fourth-order valence-corrected chi connectivity index (χ4v) is 2.96. The normalized spacial score (nSPS) is 25.0. The second-order valence-electron chi connectivity index (χ2n) is 5.87. The largest absolute Gasteiger partial charge is 0.490 e. The van der Waals surface area contributed by atoms with Crippen molar-refractivity contribution in [2.24, 2.45) is 5.73 Å². The van der Waals surface area contributed by atoms with Crippen LogP contribution in [-0.2, 0) is 0 Å². The standard InChI is InChI=1S/C18H21NO2/c19-18(13-20)11-10-15(12-18)21-17-9-5-4-8-16(17)14-6-2-1-3-7-14/h1-9,15,20H,10-13,19H2. The van der Waals surface area contributed by atoms with E-state index < -0.39 is 5.54 Å². The Bertz CT molecular complexity index is 599. The Morgan fingerprint density at radius 1 is 1.10 bits per heavy atom. The highest BCUT2D eigenvalue weighted by Gasteiger charge is 2.36. The molecule has 3 heteroatoms. The van der Waals surface area contributed by atoms with Crippen LogP contribution in [-0.4, -0.2) is 23.4 Å². The third-order valence-corrected chi connectivity index (χ3v) is 4.18. The second-order valence-corrected chi connectivity index (χ2v) is 5.87. The zero-order valence-electron chi connectivity index (χ0n) is 12.0. The summed E-state index contributed by atoms with van der Waals surface area (Å²) in [4.78, 5) is 0. The molecule has 3 nitrogen and oxygen atoms in total.